The average Bonchev–Trinajstić information content (AvgIpc) is 3.04. The van der Waals surface area contributed by atoms with Gasteiger partial charge in [-0.3, -0.25) is 4.79 Å². The van der Waals surface area contributed by atoms with Crippen molar-refractivity contribution in [2.75, 3.05) is 34.4 Å². The predicted octanol–water partition coefficient (Wildman–Crippen LogP) is 0.380. The van der Waals surface area contributed by atoms with E-state index in [1.807, 2.05) is 0 Å². The predicted molar refractivity (Wildman–Crippen MR) is 80.5 cm³/mol. The number of likely N-dealkylation sites (N-methyl/N-ethyl adjacent to an activating group) is 1. The van der Waals surface area contributed by atoms with Crippen molar-refractivity contribution < 1.29 is 22.7 Å². The number of benzene rings is 1. The maximum absolute atomic E-state index is 12.6. The van der Waals surface area contributed by atoms with Gasteiger partial charge in [-0.05, 0) is 12.1 Å². The minimum Gasteiger partial charge on any atom is -0.493 e. The molecule has 1 aromatic carbocycles. The molecule has 120 valence electrons. The molecule has 0 aromatic heterocycles. The maximum Gasteiger partial charge on any atom is 0.248 e. The highest BCUT2D eigenvalue weighted by molar-refractivity contribution is 7.89. The van der Waals surface area contributed by atoms with Crippen LogP contribution < -0.4 is 14.8 Å². The fourth-order valence-corrected chi connectivity index (χ4v) is 3.54. The van der Waals surface area contributed by atoms with Crippen LogP contribution in [0.2, 0.25) is 0 Å². The maximum atomic E-state index is 12.6. The Labute approximate surface area is 129 Å². The second kappa shape index (κ2) is 6.37. The average molecular weight is 326 g/mol. The van der Waals surface area contributed by atoms with Gasteiger partial charge in [-0.2, -0.15) is 4.31 Å². The highest BCUT2D eigenvalue weighted by Gasteiger charge is 2.30. The van der Waals surface area contributed by atoms with E-state index in [0.717, 1.165) is 0 Å². The Bertz CT molecular complexity index is 712. The first-order valence-electron chi connectivity index (χ1n) is 6.57. The first kappa shape index (κ1) is 16.3. The van der Waals surface area contributed by atoms with Crippen molar-refractivity contribution in [3.63, 3.8) is 0 Å². The lowest BCUT2D eigenvalue weighted by atomic mass is 10.3. The summed E-state index contributed by atoms with van der Waals surface area (Å²) >= 11 is 0. The van der Waals surface area contributed by atoms with Crippen LogP contribution in [0.3, 0.4) is 0 Å². The summed E-state index contributed by atoms with van der Waals surface area (Å²) in [6.07, 6.45) is 1.61. The molecule has 0 bridgehead atoms. The number of hydrogen-bond donors (Lipinski definition) is 1. The molecule has 1 aliphatic rings. The van der Waals surface area contributed by atoms with E-state index < -0.39 is 10.0 Å². The number of hydrogen-bond acceptors (Lipinski definition) is 5. The van der Waals surface area contributed by atoms with E-state index in [0.29, 0.717) is 17.1 Å². The summed E-state index contributed by atoms with van der Waals surface area (Å²) < 4.78 is 36.7. The van der Waals surface area contributed by atoms with E-state index in [9.17, 15) is 13.2 Å². The van der Waals surface area contributed by atoms with Gasteiger partial charge in [-0.25, -0.2) is 8.42 Å². The van der Waals surface area contributed by atoms with Crippen LogP contribution in [0, 0.1) is 0 Å². The first-order valence-corrected chi connectivity index (χ1v) is 8.01. The number of carbonyl (C=O) groups is 1. The first-order chi connectivity index (χ1) is 10.4. The second-order valence-corrected chi connectivity index (χ2v) is 6.56. The third-order valence-electron chi connectivity index (χ3n) is 3.40. The summed E-state index contributed by atoms with van der Waals surface area (Å²) in [5, 5.41) is 2.49. The summed E-state index contributed by atoms with van der Waals surface area (Å²) in [4.78, 5) is 11.7. The molecule has 0 saturated heterocycles. The smallest absolute Gasteiger partial charge is 0.248 e. The molecule has 1 aromatic rings. The molecular weight excluding hydrogens is 308 g/mol. The molecule has 0 atom stereocenters. The summed E-state index contributed by atoms with van der Waals surface area (Å²) in [6, 6.07) is 4.40. The summed E-state index contributed by atoms with van der Waals surface area (Å²) in [5.74, 6) is 0.513. The molecule has 0 aliphatic carbocycles. The molecule has 0 saturated carbocycles. The zero-order valence-corrected chi connectivity index (χ0v) is 13.4. The van der Waals surface area contributed by atoms with Crippen LogP contribution in [0.4, 0.5) is 0 Å². The van der Waals surface area contributed by atoms with Crippen LogP contribution in [0.25, 0.3) is 0 Å². The molecule has 1 N–H and O–H groups in total. The third kappa shape index (κ3) is 2.93. The Morgan fingerprint density at radius 2 is 1.91 bits per heavy atom. The van der Waals surface area contributed by atoms with Gasteiger partial charge < -0.3 is 14.8 Å². The highest BCUT2D eigenvalue weighted by Crippen LogP contribution is 2.31. The standard InChI is InChI=1S/C14H18N2O5S/c1-15-14(17)10-6-7-16(9-10)22(18,19)11-4-5-12(20-2)13(8-11)21-3/h4-6,8H,7,9H2,1-3H3,(H,15,17). The van der Waals surface area contributed by atoms with Crippen molar-refractivity contribution in [1.29, 1.82) is 0 Å². The van der Waals surface area contributed by atoms with Crippen molar-refractivity contribution in [3.05, 3.63) is 29.8 Å². The van der Waals surface area contributed by atoms with E-state index >= 15 is 0 Å². The largest absolute Gasteiger partial charge is 0.493 e. The van der Waals surface area contributed by atoms with E-state index in [4.69, 9.17) is 9.47 Å². The van der Waals surface area contributed by atoms with Gasteiger partial charge in [0.1, 0.15) is 0 Å². The number of carbonyl (C=O) groups excluding carboxylic acids is 1. The number of ether oxygens (including phenoxy) is 2. The van der Waals surface area contributed by atoms with Crippen LogP contribution >= 0.6 is 0 Å². The third-order valence-corrected chi connectivity index (χ3v) is 5.21. The van der Waals surface area contributed by atoms with Gasteiger partial charge in [0.15, 0.2) is 11.5 Å². The zero-order chi connectivity index (χ0) is 16.3. The van der Waals surface area contributed by atoms with Gasteiger partial charge in [0, 0.05) is 31.8 Å². The van der Waals surface area contributed by atoms with Crippen LogP contribution in [0.1, 0.15) is 0 Å². The lowest BCUT2D eigenvalue weighted by Crippen LogP contribution is -2.31. The van der Waals surface area contributed by atoms with Crippen molar-refractivity contribution >= 4 is 15.9 Å². The SMILES string of the molecule is CNC(=O)C1=CCN(S(=O)(=O)c2ccc(OC)c(OC)c2)C1. The van der Waals surface area contributed by atoms with Crippen LogP contribution in [0.5, 0.6) is 11.5 Å². The monoisotopic (exact) mass is 326 g/mol. The van der Waals surface area contributed by atoms with E-state index in [-0.39, 0.29) is 23.9 Å². The molecule has 0 fully saturated rings. The van der Waals surface area contributed by atoms with Crippen LogP contribution in [-0.4, -0.2) is 53.0 Å². The van der Waals surface area contributed by atoms with Crippen molar-refractivity contribution in [2.45, 2.75) is 4.90 Å². The van der Waals surface area contributed by atoms with Crippen molar-refractivity contribution in [2.24, 2.45) is 0 Å². The number of rotatable bonds is 5. The van der Waals surface area contributed by atoms with Gasteiger partial charge >= 0.3 is 0 Å². The minimum atomic E-state index is -3.71. The molecule has 7 nitrogen and oxygen atoms in total. The van der Waals surface area contributed by atoms with Crippen molar-refractivity contribution in [1.82, 2.24) is 9.62 Å². The summed E-state index contributed by atoms with van der Waals surface area (Å²) in [5.41, 5.74) is 0.437. The van der Waals surface area contributed by atoms with Gasteiger partial charge in [0.2, 0.25) is 15.9 Å². The molecule has 0 radical (unpaired) electrons. The van der Waals surface area contributed by atoms with Crippen molar-refractivity contribution in [3.8, 4) is 11.5 Å². The highest BCUT2D eigenvalue weighted by atomic mass is 32.2. The Balaban J connectivity index is 2.27. The van der Waals surface area contributed by atoms with Gasteiger partial charge in [-0.15, -0.1) is 0 Å². The Morgan fingerprint density at radius 3 is 2.50 bits per heavy atom. The quantitative estimate of drug-likeness (QED) is 0.845. The molecular formula is C14H18N2O5S. The Hall–Kier alpha value is -2.06. The number of methoxy groups -OCH3 is 2. The normalized spacial score (nSPS) is 15.3. The Morgan fingerprint density at radius 1 is 1.23 bits per heavy atom. The lowest BCUT2D eigenvalue weighted by molar-refractivity contribution is -0.117. The minimum absolute atomic E-state index is 0.0519. The van der Waals surface area contributed by atoms with Gasteiger partial charge in [0.05, 0.1) is 19.1 Å². The van der Waals surface area contributed by atoms with Gasteiger partial charge in [0.25, 0.3) is 0 Å². The number of amides is 1. The summed E-state index contributed by atoms with van der Waals surface area (Å²) in [7, 11) is 0.721. The number of sulfonamides is 1. The Kier molecular flexibility index (Phi) is 4.72. The molecule has 8 heteroatoms. The second-order valence-electron chi connectivity index (χ2n) is 4.62. The molecule has 0 unspecified atom stereocenters. The molecule has 1 heterocycles. The molecule has 22 heavy (non-hydrogen) atoms. The summed E-state index contributed by atoms with van der Waals surface area (Å²) in [6.45, 7) is 0.218. The number of nitrogens with one attached hydrogen (secondary N) is 1. The molecule has 1 amide bonds. The topological polar surface area (TPSA) is 84.9 Å². The zero-order valence-electron chi connectivity index (χ0n) is 12.6. The van der Waals surface area contributed by atoms with E-state index in [2.05, 4.69) is 5.32 Å². The van der Waals surface area contributed by atoms with E-state index in [1.54, 1.807) is 6.08 Å². The fraction of sp³-hybridized carbons (Fsp3) is 0.357. The van der Waals surface area contributed by atoms with Crippen LogP contribution in [-0.2, 0) is 14.8 Å². The molecule has 0 spiro atoms. The number of nitrogens with zero attached hydrogens (tertiary/aromatic N) is 1. The van der Waals surface area contributed by atoms with Crippen LogP contribution in [0.15, 0.2) is 34.7 Å². The molecule has 1 aliphatic heterocycles. The lowest BCUT2D eigenvalue weighted by Gasteiger charge is -2.17. The van der Waals surface area contributed by atoms with Gasteiger partial charge in [-0.1, -0.05) is 6.08 Å². The molecule has 2 rings (SSSR count). The fourth-order valence-electron chi connectivity index (χ4n) is 2.17. The van der Waals surface area contributed by atoms with E-state index in [1.165, 1.54) is 43.8 Å².